The summed E-state index contributed by atoms with van der Waals surface area (Å²) in [6.07, 6.45) is 0. The Kier molecular flexibility index (Phi) is 6.57. The fraction of sp³-hybridized carbons (Fsp3) is 0.435. The fourth-order valence-electron chi connectivity index (χ4n) is 3.65. The van der Waals surface area contributed by atoms with E-state index in [9.17, 15) is 4.79 Å². The first-order valence-corrected chi connectivity index (χ1v) is 9.90. The van der Waals surface area contributed by atoms with Crippen LogP contribution in [-0.4, -0.2) is 50.7 Å². The van der Waals surface area contributed by atoms with Gasteiger partial charge in [0.1, 0.15) is 5.75 Å². The summed E-state index contributed by atoms with van der Waals surface area (Å²) in [6, 6.07) is 12.0. The van der Waals surface area contributed by atoms with Crippen LogP contribution < -0.4 is 9.64 Å². The summed E-state index contributed by atoms with van der Waals surface area (Å²) in [5.41, 5.74) is 5.49. The number of ether oxygens (including phenoxy) is 2. The van der Waals surface area contributed by atoms with Crippen molar-refractivity contribution in [2.75, 3.05) is 44.8 Å². The number of hydrogen-bond acceptors (Lipinski definition) is 4. The zero-order valence-corrected chi connectivity index (χ0v) is 17.3. The molecule has 1 fully saturated rings. The van der Waals surface area contributed by atoms with E-state index in [1.165, 1.54) is 16.8 Å². The van der Waals surface area contributed by atoms with Crippen molar-refractivity contribution in [1.29, 1.82) is 0 Å². The standard InChI is InChI=1S/C23H30N2O3/c1-5-28-16-20-15-19(9-10-22(20)27-4)23(26)25-13-11-24(12-14-25)21-8-6-7-17(2)18(21)3/h6-10,15H,5,11-14,16H2,1-4H3. The third-order valence-corrected chi connectivity index (χ3v) is 5.47. The van der Waals surface area contributed by atoms with Crippen molar-refractivity contribution in [3.63, 3.8) is 0 Å². The molecule has 28 heavy (non-hydrogen) atoms. The number of carbonyl (C=O) groups excluding carboxylic acids is 1. The molecular formula is C23H30N2O3. The third kappa shape index (κ3) is 4.30. The zero-order chi connectivity index (χ0) is 20.1. The number of hydrogen-bond donors (Lipinski definition) is 0. The number of benzene rings is 2. The zero-order valence-electron chi connectivity index (χ0n) is 17.3. The fourth-order valence-corrected chi connectivity index (χ4v) is 3.65. The number of amides is 1. The molecule has 0 spiro atoms. The molecule has 1 saturated heterocycles. The van der Waals surface area contributed by atoms with Gasteiger partial charge in [-0.25, -0.2) is 0 Å². The first kappa shape index (κ1) is 20.2. The quantitative estimate of drug-likeness (QED) is 0.762. The predicted octanol–water partition coefficient (Wildman–Crippen LogP) is 3.81. The van der Waals surface area contributed by atoms with Crippen molar-refractivity contribution >= 4 is 11.6 Å². The Morgan fingerprint density at radius 3 is 2.50 bits per heavy atom. The summed E-state index contributed by atoms with van der Waals surface area (Å²) in [4.78, 5) is 17.3. The Morgan fingerprint density at radius 1 is 1.07 bits per heavy atom. The molecule has 2 aromatic rings. The van der Waals surface area contributed by atoms with Crippen LogP contribution >= 0.6 is 0 Å². The molecule has 3 rings (SSSR count). The van der Waals surface area contributed by atoms with Crippen LogP contribution in [0.5, 0.6) is 5.75 Å². The van der Waals surface area contributed by atoms with Gasteiger partial charge in [0.2, 0.25) is 0 Å². The van der Waals surface area contributed by atoms with Gasteiger partial charge in [-0.05, 0) is 56.2 Å². The van der Waals surface area contributed by atoms with Crippen molar-refractivity contribution in [3.8, 4) is 5.75 Å². The second-order valence-corrected chi connectivity index (χ2v) is 7.16. The van der Waals surface area contributed by atoms with E-state index in [1.54, 1.807) is 7.11 Å². The van der Waals surface area contributed by atoms with E-state index in [4.69, 9.17) is 9.47 Å². The SMILES string of the molecule is CCOCc1cc(C(=O)N2CCN(c3cccc(C)c3C)CC2)ccc1OC. The van der Waals surface area contributed by atoms with E-state index in [1.807, 2.05) is 30.0 Å². The lowest BCUT2D eigenvalue weighted by Gasteiger charge is -2.37. The molecule has 0 atom stereocenters. The van der Waals surface area contributed by atoms with E-state index in [0.29, 0.717) is 18.8 Å². The van der Waals surface area contributed by atoms with Gasteiger partial charge < -0.3 is 19.3 Å². The number of aryl methyl sites for hydroxylation is 1. The molecule has 150 valence electrons. The maximum atomic E-state index is 13.0. The normalized spacial score (nSPS) is 14.3. The molecule has 1 amide bonds. The third-order valence-electron chi connectivity index (χ3n) is 5.47. The Bertz CT molecular complexity index is 827. The van der Waals surface area contributed by atoms with Crippen LogP contribution in [0.3, 0.4) is 0 Å². The molecule has 0 aromatic heterocycles. The summed E-state index contributed by atoms with van der Waals surface area (Å²) in [5.74, 6) is 0.825. The van der Waals surface area contributed by atoms with Crippen molar-refractivity contribution in [2.24, 2.45) is 0 Å². The molecule has 0 saturated carbocycles. The van der Waals surface area contributed by atoms with Gasteiger partial charge in [-0.1, -0.05) is 12.1 Å². The van der Waals surface area contributed by atoms with Gasteiger partial charge in [0.15, 0.2) is 0 Å². The molecule has 5 nitrogen and oxygen atoms in total. The van der Waals surface area contributed by atoms with Gasteiger partial charge in [-0.3, -0.25) is 4.79 Å². The van der Waals surface area contributed by atoms with Crippen LogP contribution in [0.1, 0.15) is 34.0 Å². The minimum atomic E-state index is 0.0704. The van der Waals surface area contributed by atoms with Crippen molar-refractivity contribution in [1.82, 2.24) is 4.90 Å². The molecule has 1 aliphatic rings. The molecule has 1 heterocycles. The highest BCUT2D eigenvalue weighted by Gasteiger charge is 2.24. The van der Waals surface area contributed by atoms with Crippen LogP contribution in [0, 0.1) is 13.8 Å². The second kappa shape index (κ2) is 9.11. The summed E-state index contributed by atoms with van der Waals surface area (Å²) in [7, 11) is 1.64. The molecule has 5 heteroatoms. The molecule has 0 unspecified atom stereocenters. The topological polar surface area (TPSA) is 42.0 Å². The molecule has 0 bridgehead atoms. The molecule has 0 radical (unpaired) electrons. The van der Waals surface area contributed by atoms with Crippen LogP contribution in [0.25, 0.3) is 0 Å². The summed E-state index contributed by atoms with van der Waals surface area (Å²) in [5, 5.41) is 0. The Hall–Kier alpha value is -2.53. The maximum absolute atomic E-state index is 13.0. The van der Waals surface area contributed by atoms with Gasteiger partial charge in [0.05, 0.1) is 13.7 Å². The minimum absolute atomic E-state index is 0.0704. The molecule has 2 aromatic carbocycles. The van der Waals surface area contributed by atoms with E-state index < -0.39 is 0 Å². The smallest absolute Gasteiger partial charge is 0.253 e. The summed E-state index contributed by atoms with van der Waals surface area (Å²) < 4.78 is 10.9. The van der Waals surface area contributed by atoms with Gasteiger partial charge in [-0.15, -0.1) is 0 Å². The highest BCUT2D eigenvalue weighted by atomic mass is 16.5. The molecule has 1 aliphatic heterocycles. The Balaban J connectivity index is 1.69. The van der Waals surface area contributed by atoms with Gasteiger partial charge in [0, 0.05) is 49.6 Å². The van der Waals surface area contributed by atoms with Crippen LogP contribution in [0.2, 0.25) is 0 Å². The number of anilines is 1. The van der Waals surface area contributed by atoms with Crippen molar-refractivity contribution < 1.29 is 14.3 Å². The maximum Gasteiger partial charge on any atom is 0.253 e. The van der Waals surface area contributed by atoms with E-state index >= 15 is 0 Å². The van der Waals surface area contributed by atoms with Crippen LogP contribution in [0.4, 0.5) is 5.69 Å². The minimum Gasteiger partial charge on any atom is -0.496 e. The van der Waals surface area contributed by atoms with Gasteiger partial charge >= 0.3 is 0 Å². The largest absolute Gasteiger partial charge is 0.496 e. The Labute approximate surface area is 167 Å². The molecular weight excluding hydrogens is 352 g/mol. The van der Waals surface area contributed by atoms with E-state index in [2.05, 4.69) is 36.9 Å². The average molecular weight is 383 g/mol. The highest BCUT2D eigenvalue weighted by molar-refractivity contribution is 5.94. The Morgan fingerprint density at radius 2 is 1.82 bits per heavy atom. The first-order chi connectivity index (χ1) is 13.5. The number of carbonyl (C=O) groups is 1. The van der Waals surface area contributed by atoms with Crippen LogP contribution in [-0.2, 0) is 11.3 Å². The van der Waals surface area contributed by atoms with Gasteiger partial charge in [-0.2, -0.15) is 0 Å². The van der Waals surface area contributed by atoms with Crippen molar-refractivity contribution in [3.05, 3.63) is 58.7 Å². The van der Waals surface area contributed by atoms with Gasteiger partial charge in [0.25, 0.3) is 5.91 Å². The number of methoxy groups -OCH3 is 1. The lowest BCUT2D eigenvalue weighted by Crippen LogP contribution is -2.49. The summed E-state index contributed by atoms with van der Waals surface area (Å²) in [6.45, 7) is 10.5. The molecule has 0 N–H and O–H groups in total. The van der Waals surface area contributed by atoms with Crippen LogP contribution in [0.15, 0.2) is 36.4 Å². The average Bonchev–Trinajstić information content (AvgIpc) is 2.73. The molecule has 0 aliphatic carbocycles. The lowest BCUT2D eigenvalue weighted by atomic mass is 10.1. The second-order valence-electron chi connectivity index (χ2n) is 7.16. The van der Waals surface area contributed by atoms with E-state index in [0.717, 1.165) is 37.5 Å². The lowest BCUT2D eigenvalue weighted by molar-refractivity contribution is 0.0746. The van der Waals surface area contributed by atoms with Crippen molar-refractivity contribution in [2.45, 2.75) is 27.4 Å². The predicted molar refractivity (Wildman–Crippen MR) is 112 cm³/mol. The number of nitrogens with zero attached hydrogens (tertiary/aromatic N) is 2. The monoisotopic (exact) mass is 382 g/mol. The highest BCUT2D eigenvalue weighted by Crippen LogP contribution is 2.25. The number of rotatable bonds is 6. The summed E-state index contributed by atoms with van der Waals surface area (Å²) >= 11 is 0. The number of piperazine rings is 1. The van der Waals surface area contributed by atoms with E-state index in [-0.39, 0.29) is 5.91 Å². The first-order valence-electron chi connectivity index (χ1n) is 9.90.